The molecule has 1 aromatic carbocycles. The average molecular weight is 369 g/mol. The van der Waals surface area contributed by atoms with Crippen LogP contribution in [0.15, 0.2) is 18.3 Å². The molecule has 0 aliphatic carbocycles. The fourth-order valence-electron chi connectivity index (χ4n) is 4.07. The Labute approximate surface area is 157 Å². The largest absolute Gasteiger partial charge is 0.489 e. The van der Waals surface area contributed by atoms with Gasteiger partial charge < -0.3 is 20.5 Å². The van der Waals surface area contributed by atoms with Gasteiger partial charge in [-0.25, -0.2) is 4.98 Å². The maximum Gasteiger partial charge on any atom is 0.252 e. The van der Waals surface area contributed by atoms with Crippen molar-refractivity contribution in [2.24, 2.45) is 11.7 Å². The van der Waals surface area contributed by atoms with Crippen molar-refractivity contribution in [2.75, 3.05) is 6.61 Å². The molecule has 0 radical (unpaired) electrons. The summed E-state index contributed by atoms with van der Waals surface area (Å²) in [7, 11) is 0. The highest BCUT2D eigenvalue weighted by atomic mass is 16.5. The second-order valence-electron chi connectivity index (χ2n) is 7.30. The van der Waals surface area contributed by atoms with Crippen LogP contribution in [0.1, 0.15) is 42.6 Å². The SMILES string of the molecule is CC[C@@H]1CC(=O)N[C@@H]1COc1nccc2cc(C(N)=O)c3c(c12)CC(C)O3. The molecule has 0 saturated carbocycles. The quantitative estimate of drug-likeness (QED) is 0.838. The molecular weight excluding hydrogens is 346 g/mol. The lowest BCUT2D eigenvalue weighted by atomic mass is 9.98. The minimum absolute atomic E-state index is 0.0207. The van der Waals surface area contributed by atoms with Crippen molar-refractivity contribution >= 4 is 22.6 Å². The lowest BCUT2D eigenvalue weighted by molar-refractivity contribution is -0.119. The van der Waals surface area contributed by atoms with E-state index in [-0.39, 0.29) is 24.0 Å². The predicted molar refractivity (Wildman–Crippen MR) is 99.9 cm³/mol. The van der Waals surface area contributed by atoms with Crippen LogP contribution in [-0.2, 0) is 11.2 Å². The number of nitrogens with two attached hydrogens (primary N) is 1. The molecule has 27 heavy (non-hydrogen) atoms. The van der Waals surface area contributed by atoms with Gasteiger partial charge in [0, 0.05) is 24.6 Å². The summed E-state index contributed by atoms with van der Waals surface area (Å²) in [5, 5.41) is 4.67. The van der Waals surface area contributed by atoms with Gasteiger partial charge in [0.25, 0.3) is 5.91 Å². The number of aromatic nitrogens is 1. The van der Waals surface area contributed by atoms with Crippen LogP contribution >= 0.6 is 0 Å². The Bertz CT molecular complexity index is 927. The minimum atomic E-state index is -0.513. The van der Waals surface area contributed by atoms with Gasteiger partial charge in [-0.1, -0.05) is 13.3 Å². The molecule has 0 bridgehead atoms. The monoisotopic (exact) mass is 369 g/mol. The first-order valence-electron chi connectivity index (χ1n) is 9.31. The molecule has 7 nitrogen and oxygen atoms in total. The number of rotatable bonds is 5. The molecule has 2 aliphatic heterocycles. The number of hydrogen-bond donors (Lipinski definition) is 2. The van der Waals surface area contributed by atoms with Crippen molar-refractivity contribution in [1.29, 1.82) is 0 Å². The maximum absolute atomic E-state index is 11.9. The highest BCUT2D eigenvalue weighted by molar-refractivity contribution is 6.04. The molecule has 3 atom stereocenters. The molecule has 1 fully saturated rings. The van der Waals surface area contributed by atoms with Gasteiger partial charge >= 0.3 is 0 Å². The number of hydrogen-bond acceptors (Lipinski definition) is 5. The van der Waals surface area contributed by atoms with Crippen molar-refractivity contribution in [2.45, 2.75) is 45.3 Å². The van der Waals surface area contributed by atoms with E-state index in [1.165, 1.54) is 0 Å². The first-order chi connectivity index (χ1) is 13.0. The summed E-state index contributed by atoms with van der Waals surface area (Å²) >= 11 is 0. The standard InChI is InChI=1S/C20H23N3O4/c1-3-11-8-16(24)23-15(11)9-26-20-17-12(4-5-22-20)7-14(19(21)25)18-13(17)6-10(2)27-18/h4-5,7,10-11,15H,3,6,8-9H2,1-2H3,(H2,21,25)(H,23,24)/t10?,11-,15-/m1/s1. The van der Waals surface area contributed by atoms with E-state index in [1.807, 2.05) is 13.0 Å². The van der Waals surface area contributed by atoms with Crippen molar-refractivity contribution in [3.63, 3.8) is 0 Å². The number of nitrogens with zero attached hydrogens (tertiary/aromatic N) is 1. The molecule has 3 heterocycles. The van der Waals surface area contributed by atoms with Crippen LogP contribution in [0.4, 0.5) is 0 Å². The summed E-state index contributed by atoms with van der Waals surface area (Å²) in [5.74, 6) is 0.842. The third kappa shape index (κ3) is 3.07. The zero-order chi connectivity index (χ0) is 19.1. The Morgan fingerprint density at radius 3 is 3.00 bits per heavy atom. The number of ether oxygens (including phenoxy) is 2. The predicted octanol–water partition coefficient (Wildman–Crippen LogP) is 1.95. The van der Waals surface area contributed by atoms with Crippen LogP contribution in [0.25, 0.3) is 10.8 Å². The van der Waals surface area contributed by atoms with E-state index in [4.69, 9.17) is 15.2 Å². The second-order valence-corrected chi connectivity index (χ2v) is 7.30. The molecule has 1 saturated heterocycles. The third-order valence-electron chi connectivity index (χ3n) is 5.43. The van der Waals surface area contributed by atoms with E-state index in [0.717, 1.165) is 22.8 Å². The molecule has 142 valence electrons. The first-order valence-corrected chi connectivity index (χ1v) is 9.31. The molecule has 1 unspecified atom stereocenters. The molecule has 2 aliphatic rings. The minimum Gasteiger partial charge on any atom is -0.489 e. The zero-order valence-corrected chi connectivity index (χ0v) is 15.5. The van der Waals surface area contributed by atoms with Crippen molar-refractivity contribution < 1.29 is 19.1 Å². The molecular formula is C20H23N3O4. The number of amides is 2. The second kappa shape index (κ2) is 6.72. The van der Waals surface area contributed by atoms with E-state index in [9.17, 15) is 9.59 Å². The van der Waals surface area contributed by atoms with Crippen LogP contribution < -0.4 is 20.5 Å². The van der Waals surface area contributed by atoms with Gasteiger partial charge in [0.15, 0.2) is 0 Å². The number of fused-ring (bicyclic) bond motifs is 3. The molecule has 7 heteroatoms. The maximum atomic E-state index is 11.9. The lowest BCUT2D eigenvalue weighted by Gasteiger charge is -2.19. The van der Waals surface area contributed by atoms with Crippen molar-refractivity contribution in [3.05, 3.63) is 29.5 Å². The van der Waals surface area contributed by atoms with Gasteiger partial charge in [-0.3, -0.25) is 9.59 Å². The molecule has 4 rings (SSSR count). The van der Waals surface area contributed by atoms with Crippen LogP contribution in [0.5, 0.6) is 11.6 Å². The Kier molecular flexibility index (Phi) is 4.37. The highest BCUT2D eigenvalue weighted by Gasteiger charge is 2.32. The van der Waals surface area contributed by atoms with Gasteiger partial charge in [0.05, 0.1) is 17.0 Å². The molecule has 1 aromatic heterocycles. The zero-order valence-electron chi connectivity index (χ0n) is 15.5. The van der Waals surface area contributed by atoms with Gasteiger partial charge in [-0.05, 0) is 30.4 Å². The van der Waals surface area contributed by atoms with Crippen LogP contribution in [0, 0.1) is 5.92 Å². The summed E-state index contributed by atoms with van der Waals surface area (Å²) < 4.78 is 11.9. The first kappa shape index (κ1) is 17.6. The van der Waals surface area contributed by atoms with E-state index in [1.54, 1.807) is 12.3 Å². The molecule has 2 aromatic rings. The summed E-state index contributed by atoms with van der Waals surface area (Å²) in [4.78, 5) is 28.0. The smallest absolute Gasteiger partial charge is 0.252 e. The van der Waals surface area contributed by atoms with Gasteiger partial charge in [0.2, 0.25) is 11.8 Å². The fraction of sp³-hybridized carbons (Fsp3) is 0.450. The van der Waals surface area contributed by atoms with Gasteiger partial charge in [-0.15, -0.1) is 0 Å². The summed E-state index contributed by atoms with van der Waals surface area (Å²) in [6, 6.07) is 3.55. The van der Waals surface area contributed by atoms with E-state index in [2.05, 4.69) is 17.2 Å². The van der Waals surface area contributed by atoms with Gasteiger partial charge in [-0.2, -0.15) is 0 Å². The van der Waals surface area contributed by atoms with E-state index >= 15 is 0 Å². The number of carbonyl (C=O) groups is 2. The van der Waals surface area contributed by atoms with E-state index in [0.29, 0.717) is 36.6 Å². The number of primary amides is 1. The van der Waals surface area contributed by atoms with Crippen molar-refractivity contribution in [1.82, 2.24) is 10.3 Å². The molecule has 0 spiro atoms. The number of carbonyl (C=O) groups excluding carboxylic acids is 2. The topological polar surface area (TPSA) is 104 Å². The summed E-state index contributed by atoms with van der Waals surface area (Å²) in [6.45, 7) is 4.39. The molecule has 2 amide bonds. The average Bonchev–Trinajstić information content (AvgIpc) is 3.20. The molecule has 3 N–H and O–H groups in total. The van der Waals surface area contributed by atoms with Crippen LogP contribution in [0.3, 0.4) is 0 Å². The Hall–Kier alpha value is -2.83. The third-order valence-corrected chi connectivity index (χ3v) is 5.43. The Morgan fingerprint density at radius 2 is 2.26 bits per heavy atom. The normalized spacial score (nSPS) is 23.8. The lowest BCUT2D eigenvalue weighted by Crippen LogP contribution is -2.34. The Morgan fingerprint density at radius 1 is 1.44 bits per heavy atom. The van der Waals surface area contributed by atoms with E-state index < -0.39 is 5.91 Å². The Balaban J connectivity index is 1.71. The van der Waals surface area contributed by atoms with Crippen molar-refractivity contribution in [3.8, 4) is 11.6 Å². The van der Waals surface area contributed by atoms with Gasteiger partial charge in [0.1, 0.15) is 18.5 Å². The fourth-order valence-corrected chi connectivity index (χ4v) is 4.07. The summed E-state index contributed by atoms with van der Waals surface area (Å²) in [6.07, 6.45) is 3.72. The summed E-state index contributed by atoms with van der Waals surface area (Å²) in [5.41, 5.74) is 6.83. The highest BCUT2D eigenvalue weighted by Crippen LogP contribution is 2.41. The number of pyridine rings is 1. The van der Waals surface area contributed by atoms with Crippen LogP contribution in [-0.4, -0.2) is 35.6 Å². The number of benzene rings is 1. The van der Waals surface area contributed by atoms with Crippen LogP contribution in [0.2, 0.25) is 0 Å². The number of nitrogens with one attached hydrogen (secondary N) is 1.